The predicted molar refractivity (Wildman–Crippen MR) is 115 cm³/mol. The Kier molecular flexibility index (Phi) is 4.17. The van der Waals surface area contributed by atoms with Crippen molar-refractivity contribution in [1.82, 2.24) is 30.2 Å². The van der Waals surface area contributed by atoms with Crippen molar-refractivity contribution in [3.8, 4) is 0 Å². The minimum absolute atomic E-state index is 0.172. The lowest BCUT2D eigenvalue weighted by Gasteiger charge is -2.37. The molecule has 1 amide bonds. The quantitative estimate of drug-likeness (QED) is 0.745. The van der Waals surface area contributed by atoms with E-state index in [2.05, 4.69) is 41.7 Å². The Morgan fingerprint density at radius 3 is 3.00 bits per heavy atom. The van der Waals surface area contributed by atoms with Gasteiger partial charge in [0.1, 0.15) is 17.1 Å². The highest BCUT2D eigenvalue weighted by molar-refractivity contribution is 6.09. The van der Waals surface area contributed by atoms with Gasteiger partial charge in [0.05, 0.1) is 13.7 Å². The summed E-state index contributed by atoms with van der Waals surface area (Å²) in [6.07, 6.45) is 12.5. The van der Waals surface area contributed by atoms with E-state index in [1.165, 1.54) is 0 Å². The fraction of sp³-hybridized carbons (Fsp3) is 0.381. The number of methoxy groups -OCH3 is 1. The van der Waals surface area contributed by atoms with Crippen LogP contribution in [0.2, 0.25) is 0 Å². The van der Waals surface area contributed by atoms with Gasteiger partial charge < -0.3 is 25.0 Å². The first kappa shape index (κ1) is 18.8. The standard InChI is InChI=1S/C21H22N8O3/c1-31-16-10-13-2-5-22-14(13)11-15(16)25-19-26-18-17(23-6-9-29(18)27-19)28-7-3-21(4-8-28)12-24-20(30)32-21/h2,5-6,9-11,13,22H,3-4,7-8,12H2,1H3,(H,24,30)/b25-15-. The van der Waals surface area contributed by atoms with Crippen LogP contribution in [0.3, 0.4) is 0 Å². The molecule has 2 N–H and O–H groups in total. The fourth-order valence-electron chi connectivity index (χ4n) is 4.54. The number of piperidine rings is 1. The van der Waals surface area contributed by atoms with Gasteiger partial charge in [0.15, 0.2) is 11.5 Å². The minimum atomic E-state index is -0.415. The summed E-state index contributed by atoms with van der Waals surface area (Å²) in [7, 11) is 1.63. The molecule has 11 nitrogen and oxygen atoms in total. The second-order valence-electron chi connectivity index (χ2n) is 8.20. The Morgan fingerprint density at radius 2 is 2.22 bits per heavy atom. The molecule has 1 unspecified atom stereocenters. The number of alkyl carbamates (subject to hydrolysis) is 1. The van der Waals surface area contributed by atoms with Gasteiger partial charge >= 0.3 is 6.09 Å². The molecule has 1 aliphatic carbocycles. The molecule has 0 radical (unpaired) electrons. The SMILES string of the molecule is COC1=CC2C=CNC2=C/C1=N/c1nc2c(N3CCC4(CC3)CNC(=O)O4)nccn2n1. The molecular weight excluding hydrogens is 412 g/mol. The van der Waals surface area contributed by atoms with Crippen LogP contribution < -0.4 is 15.5 Å². The monoisotopic (exact) mass is 434 g/mol. The third kappa shape index (κ3) is 3.08. The topological polar surface area (TPSA) is 118 Å². The Bertz CT molecular complexity index is 1220. The molecule has 3 aliphatic heterocycles. The first-order valence-electron chi connectivity index (χ1n) is 10.6. The maximum Gasteiger partial charge on any atom is 0.407 e. The number of ether oxygens (including phenoxy) is 2. The Hall–Kier alpha value is -3.89. The Balaban J connectivity index is 1.29. The first-order chi connectivity index (χ1) is 15.6. The number of nitrogens with one attached hydrogen (secondary N) is 2. The second kappa shape index (κ2) is 7.08. The molecule has 2 fully saturated rings. The average molecular weight is 434 g/mol. The zero-order valence-electron chi connectivity index (χ0n) is 17.5. The fourth-order valence-corrected chi connectivity index (χ4v) is 4.54. The van der Waals surface area contributed by atoms with Crippen molar-refractivity contribution in [1.29, 1.82) is 0 Å². The number of anilines is 1. The van der Waals surface area contributed by atoms with E-state index in [0.29, 0.717) is 42.7 Å². The molecule has 0 saturated carbocycles. The van der Waals surface area contributed by atoms with Crippen molar-refractivity contribution in [3.63, 3.8) is 0 Å². The lowest BCUT2D eigenvalue weighted by molar-refractivity contribution is 0.0366. The van der Waals surface area contributed by atoms with Crippen molar-refractivity contribution >= 4 is 29.2 Å². The summed E-state index contributed by atoms with van der Waals surface area (Å²) in [4.78, 5) is 27.5. The lowest BCUT2D eigenvalue weighted by atomic mass is 9.92. The number of aromatic nitrogens is 4. The van der Waals surface area contributed by atoms with Gasteiger partial charge in [0, 0.05) is 49.9 Å². The van der Waals surface area contributed by atoms with Gasteiger partial charge in [-0.25, -0.2) is 19.3 Å². The van der Waals surface area contributed by atoms with Gasteiger partial charge in [-0.2, -0.15) is 4.98 Å². The van der Waals surface area contributed by atoms with Crippen LogP contribution >= 0.6 is 0 Å². The van der Waals surface area contributed by atoms with Gasteiger partial charge in [-0.3, -0.25) is 0 Å². The summed E-state index contributed by atoms with van der Waals surface area (Å²) in [5.41, 5.74) is 1.92. The summed E-state index contributed by atoms with van der Waals surface area (Å²) in [5.74, 6) is 1.93. The van der Waals surface area contributed by atoms with E-state index in [9.17, 15) is 4.79 Å². The molecule has 5 heterocycles. The van der Waals surface area contributed by atoms with E-state index < -0.39 is 5.60 Å². The highest BCUT2D eigenvalue weighted by Crippen LogP contribution is 2.32. The summed E-state index contributed by atoms with van der Waals surface area (Å²) in [6.45, 7) is 1.97. The van der Waals surface area contributed by atoms with Crippen molar-refractivity contribution in [2.75, 3.05) is 31.6 Å². The highest BCUT2D eigenvalue weighted by Gasteiger charge is 2.43. The molecule has 4 aliphatic rings. The number of allylic oxidation sites excluding steroid dienone is 2. The van der Waals surface area contributed by atoms with Crippen molar-refractivity contribution < 1.29 is 14.3 Å². The average Bonchev–Trinajstić information content (AvgIpc) is 3.52. The number of hydrogen-bond acceptors (Lipinski definition) is 9. The summed E-state index contributed by atoms with van der Waals surface area (Å²) < 4.78 is 12.7. The number of aliphatic imine (C=N–C) groups is 1. The summed E-state index contributed by atoms with van der Waals surface area (Å²) in [5, 5.41) is 10.5. The number of nitrogens with zero attached hydrogens (tertiary/aromatic N) is 6. The molecule has 2 aromatic rings. The molecule has 1 atom stereocenters. The van der Waals surface area contributed by atoms with E-state index in [-0.39, 0.29) is 12.0 Å². The first-order valence-corrected chi connectivity index (χ1v) is 10.6. The van der Waals surface area contributed by atoms with Crippen LogP contribution in [-0.4, -0.2) is 63.7 Å². The van der Waals surface area contributed by atoms with E-state index in [4.69, 9.17) is 9.47 Å². The molecule has 2 saturated heterocycles. The molecule has 1 spiro atoms. The molecule has 11 heteroatoms. The number of hydrogen-bond donors (Lipinski definition) is 2. The molecule has 32 heavy (non-hydrogen) atoms. The normalized spacial score (nSPS) is 24.8. The van der Waals surface area contributed by atoms with Gasteiger partial charge in [0.25, 0.3) is 5.95 Å². The van der Waals surface area contributed by atoms with Gasteiger partial charge in [-0.1, -0.05) is 6.08 Å². The molecule has 0 bridgehead atoms. The van der Waals surface area contributed by atoms with E-state index in [1.807, 2.05) is 18.4 Å². The van der Waals surface area contributed by atoms with Crippen LogP contribution in [0.5, 0.6) is 0 Å². The van der Waals surface area contributed by atoms with Crippen molar-refractivity contribution in [2.24, 2.45) is 10.9 Å². The number of amides is 1. The smallest absolute Gasteiger partial charge is 0.407 e. The molecule has 6 rings (SSSR count). The van der Waals surface area contributed by atoms with Gasteiger partial charge in [-0.15, -0.1) is 5.10 Å². The van der Waals surface area contributed by atoms with Gasteiger partial charge in [-0.05, 0) is 18.4 Å². The molecule has 2 aromatic heterocycles. The maximum atomic E-state index is 11.5. The van der Waals surface area contributed by atoms with E-state index in [0.717, 1.165) is 24.4 Å². The number of fused-ring (bicyclic) bond motifs is 2. The highest BCUT2D eigenvalue weighted by atomic mass is 16.6. The Labute approximate surface area is 183 Å². The summed E-state index contributed by atoms with van der Waals surface area (Å²) >= 11 is 0. The second-order valence-corrected chi connectivity index (χ2v) is 8.20. The largest absolute Gasteiger partial charge is 0.495 e. The van der Waals surface area contributed by atoms with Gasteiger partial charge in [0.2, 0.25) is 0 Å². The third-order valence-corrected chi connectivity index (χ3v) is 6.29. The van der Waals surface area contributed by atoms with Crippen LogP contribution in [0, 0.1) is 5.92 Å². The predicted octanol–water partition coefficient (Wildman–Crippen LogP) is 1.44. The zero-order chi connectivity index (χ0) is 21.7. The zero-order valence-corrected chi connectivity index (χ0v) is 17.5. The van der Waals surface area contributed by atoms with Crippen LogP contribution in [0.4, 0.5) is 16.6 Å². The molecule has 0 aromatic carbocycles. The Morgan fingerprint density at radius 1 is 1.34 bits per heavy atom. The number of rotatable bonds is 3. The third-order valence-electron chi connectivity index (χ3n) is 6.29. The van der Waals surface area contributed by atoms with Crippen LogP contribution in [0.15, 0.2) is 53.3 Å². The van der Waals surface area contributed by atoms with Crippen molar-refractivity contribution in [3.05, 3.63) is 48.3 Å². The van der Waals surface area contributed by atoms with E-state index in [1.54, 1.807) is 24.0 Å². The molecule has 164 valence electrons. The van der Waals surface area contributed by atoms with E-state index >= 15 is 0 Å². The van der Waals surface area contributed by atoms with Crippen LogP contribution in [-0.2, 0) is 9.47 Å². The minimum Gasteiger partial charge on any atom is -0.495 e. The van der Waals surface area contributed by atoms with Crippen LogP contribution in [0.25, 0.3) is 5.65 Å². The molecular formula is C21H22N8O3. The maximum absolute atomic E-state index is 11.5. The summed E-state index contributed by atoms with van der Waals surface area (Å²) in [6, 6.07) is 0. The number of carbonyl (C=O) groups is 1. The lowest BCUT2D eigenvalue weighted by Crippen LogP contribution is -2.47. The number of carbonyl (C=O) groups excluding carboxylic acids is 1. The van der Waals surface area contributed by atoms with Crippen molar-refractivity contribution in [2.45, 2.75) is 18.4 Å². The van der Waals surface area contributed by atoms with Crippen LogP contribution in [0.1, 0.15) is 12.8 Å².